The van der Waals surface area contributed by atoms with Crippen LogP contribution in [-0.2, 0) is 4.79 Å². The molecule has 3 nitrogen and oxygen atoms in total. The Kier molecular flexibility index (Phi) is 8.38. The number of hydrogen-bond acceptors (Lipinski definition) is 2. The zero-order valence-electron chi connectivity index (χ0n) is 10.7. The fraction of sp³-hybridized carbons (Fsp3) is 0.917. The SMILES string of the molecule is CCCCNCC(C)C(=O)N(CC)CC. The zero-order valence-corrected chi connectivity index (χ0v) is 10.7. The fourth-order valence-corrected chi connectivity index (χ4v) is 1.55. The van der Waals surface area contributed by atoms with Crippen molar-refractivity contribution in [3.63, 3.8) is 0 Å². The van der Waals surface area contributed by atoms with E-state index in [4.69, 9.17) is 0 Å². The van der Waals surface area contributed by atoms with Gasteiger partial charge in [-0.1, -0.05) is 20.3 Å². The van der Waals surface area contributed by atoms with Crippen molar-refractivity contribution in [2.45, 2.75) is 40.5 Å². The molecule has 1 atom stereocenters. The number of nitrogens with zero attached hydrogens (tertiary/aromatic N) is 1. The summed E-state index contributed by atoms with van der Waals surface area (Å²) < 4.78 is 0. The Hall–Kier alpha value is -0.570. The van der Waals surface area contributed by atoms with Crippen LogP contribution in [0.2, 0.25) is 0 Å². The van der Waals surface area contributed by atoms with Crippen molar-refractivity contribution in [3.8, 4) is 0 Å². The first kappa shape index (κ1) is 14.4. The Balaban J connectivity index is 3.77. The molecule has 1 N–H and O–H groups in total. The summed E-state index contributed by atoms with van der Waals surface area (Å²) in [6.07, 6.45) is 2.39. The van der Waals surface area contributed by atoms with Gasteiger partial charge >= 0.3 is 0 Å². The molecule has 90 valence electrons. The van der Waals surface area contributed by atoms with Crippen molar-refractivity contribution in [3.05, 3.63) is 0 Å². The summed E-state index contributed by atoms with van der Waals surface area (Å²) in [5.74, 6) is 0.366. The van der Waals surface area contributed by atoms with E-state index in [1.165, 1.54) is 12.8 Å². The van der Waals surface area contributed by atoms with Gasteiger partial charge in [-0.25, -0.2) is 0 Å². The van der Waals surface area contributed by atoms with Crippen molar-refractivity contribution < 1.29 is 4.79 Å². The first-order valence-corrected chi connectivity index (χ1v) is 6.16. The standard InChI is InChI=1S/C12H26N2O/c1-5-8-9-13-10-11(4)12(15)14(6-2)7-3/h11,13H,5-10H2,1-4H3. The highest BCUT2D eigenvalue weighted by atomic mass is 16.2. The molecule has 0 saturated heterocycles. The summed E-state index contributed by atoms with van der Waals surface area (Å²) in [4.78, 5) is 13.7. The number of amides is 1. The molecule has 0 rings (SSSR count). The minimum atomic E-state index is 0.0988. The van der Waals surface area contributed by atoms with Gasteiger partial charge in [0.1, 0.15) is 0 Å². The van der Waals surface area contributed by atoms with Crippen LogP contribution in [0.25, 0.3) is 0 Å². The van der Waals surface area contributed by atoms with E-state index in [0.29, 0.717) is 0 Å². The molecule has 0 aliphatic rings. The molecule has 0 aliphatic heterocycles. The normalized spacial score (nSPS) is 12.5. The van der Waals surface area contributed by atoms with Gasteiger partial charge in [0.15, 0.2) is 0 Å². The predicted octanol–water partition coefficient (Wildman–Crippen LogP) is 1.88. The van der Waals surface area contributed by atoms with Crippen molar-refractivity contribution in [2.24, 2.45) is 5.92 Å². The molecular formula is C12H26N2O. The van der Waals surface area contributed by atoms with E-state index in [1.54, 1.807) is 0 Å². The van der Waals surface area contributed by atoms with Crippen LogP contribution in [0.1, 0.15) is 40.5 Å². The second-order valence-electron chi connectivity index (χ2n) is 3.97. The van der Waals surface area contributed by atoms with Crippen LogP contribution in [0.4, 0.5) is 0 Å². The second-order valence-corrected chi connectivity index (χ2v) is 3.97. The molecule has 0 spiro atoms. The van der Waals surface area contributed by atoms with Gasteiger partial charge in [0.2, 0.25) is 5.91 Å². The Morgan fingerprint density at radius 1 is 1.27 bits per heavy atom. The topological polar surface area (TPSA) is 32.3 Å². The van der Waals surface area contributed by atoms with Gasteiger partial charge in [-0.15, -0.1) is 0 Å². The summed E-state index contributed by atoms with van der Waals surface area (Å²) in [5.41, 5.74) is 0. The van der Waals surface area contributed by atoms with E-state index in [9.17, 15) is 4.79 Å². The van der Waals surface area contributed by atoms with Crippen molar-refractivity contribution in [2.75, 3.05) is 26.2 Å². The number of rotatable bonds is 8. The quantitative estimate of drug-likeness (QED) is 0.626. The van der Waals surface area contributed by atoms with Crippen molar-refractivity contribution in [1.82, 2.24) is 10.2 Å². The number of hydrogen-bond donors (Lipinski definition) is 1. The Bertz CT molecular complexity index is 167. The fourth-order valence-electron chi connectivity index (χ4n) is 1.55. The maximum atomic E-state index is 11.9. The average molecular weight is 214 g/mol. The van der Waals surface area contributed by atoms with Gasteiger partial charge in [-0.05, 0) is 26.8 Å². The monoisotopic (exact) mass is 214 g/mol. The largest absolute Gasteiger partial charge is 0.343 e. The summed E-state index contributed by atoms with van der Waals surface area (Å²) in [5, 5.41) is 3.32. The van der Waals surface area contributed by atoms with Crippen LogP contribution >= 0.6 is 0 Å². The van der Waals surface area contributed by atoms with Gasteiger partial charge < -0.3 is 10.2 Å². The lowest BCUT2D eigenvalue weighted by Crippen LogP contribution is -2.39. The van der Waals surface area contributed by atoms with Gasteiger partial charge in [0.05, 0.1) is 0 Å². The van der Waals surface area contributed by atoms with E-state index in [1.807, 2.05) is 25.7 Å². The van der Waals surface area contributed by atoms with E-state index in [-0.39, 0.29) is 11.8 Å². The summed E-state index contributed by atoms with van der Waals surface area (Å²) in [6.45, 7) is 11.7. The first-order chi connectivity index (χ1) is 7.17. The maximum Gasteiger partial charge on any atom is 0.226 e. The highest BCUT2D eigenvalue weighted by Crippen LogP contribution is 2.01. The Morgan fingerprint density at radius 3 is 2.33 bits per heavy atom. The molecule has 1 amide bonds. The van der Waals surface area contributed by atoms with Crippen LogP contribution < -0.4 is 5.32 Å². The molecule has 0 radical (unpaired) electrons. The minimum absolute atomic E-state index is 0.0988. The third kappa shape index (κ3) is 5.78. The molecule has 15 heavy (non-hydrogen) atoms. The molecule has 0 fully saturated rings. The van der Waals surface area contributed by atoms with Crippen LogP contribution in [-0.4, -0.2) is 37.0 Å². The zero-order chi connectivity index (χ0) is 11.7. The summed E-state index contributed by atoms with van der Waals surface area (Å²) >= 11 is 0. The second kappa shape index (κ2) is 8.72. The third-order valence-electron chi connectivity index (χ3n) is 2.65. The molecular weight excluding hydrogens is 188 g/mol. The molecule has 0 heterocycles. The lowest BCUT2D eigenvalue weighted by atomic mass is 10.1. The lowest BCUT2D eigenvalue weighted by molar-refractivity contribution is -0.134. The predicted molar refractivity (Wildman–Crippen MR) is 64.9 cm³/mol. The van der Waals surface area contributed by atoms with Gasteiger partial charge in [0, 0.05) is 25.6 Å². The van der Waals surface area contributed by atoms with Crippen LogP contribution in [0.15, 0.2) is 0 Å². The molecule has 0 aromatic heterocycles. The number of nitrogens with one attached hydrogen (secondary N) is 1. The number of carbonyl (C=O) groups excluding carboxylic acids is 1. The van der Waals surface area contributed by atoms with E-state index < -0.39 is 0 Å². The first-order valence-electron chi connectivity index (χ1n) is 6.16. The highest BCUT2D eigenvalue weighted by Gasteiger charge is 2.16. The summed E-state index contributed by atoms with van der Waals surface area (Å²) in [6, 6.07) is 0. The molecule has 0 aromatic rings. The number of unbranched alkanes of at least 4 members (excludes halogenated alkanes) is 1. The Morgan fingerprint density at radius 2 is 1.87 bits per heavy atom. The smallest absolute Gasteiger partial charge is 0.226 e. The summed E-state index contributed by atoms with van der Waals surface area (Å²) in [7, 11) is 0. The molecule has 0 bridgehead atoms. The van der Waals surface area contributed by atoms with Crippen LogP contribution in [0, 0.1) is 5.92 Å². The van der Waals surface area contributed by atoms with Crippen molar-refractivity contribution >= 4 is 5.91 Å². The number of carbonyl (C=O) groups is 1. The average Bonchev–Trinajstić information content (AvgIpc) is 2.25. The Labute approximate surface area is 94.2 Å². The third-order valence-corrected chi connectivity index (χ3v) is 2.65. The van der Waals surface area contributed by atoms with E-state index in [0.717, 1.165) is 26.2 Å². The van der Waals surface area contributed by atoms with Gasteiger partial charge in [-0.3, -0.25) is 4.79 Å². The van der Waals surface area contributed by atoms with Gasteiger partial charge in [0.25, 0.3) is 0 Å². The van der Waals surface area contributed by atoms with Gasteiger partial charge in [-0.2, -0.15) is 0 Å². The maximum absolute atomic E-state index is 11.9. The van der Waals surface area contributed by atoms with E-state index in [2.05, 4.69) is 12.2 Å². The van der Waals surface area contributed by atoms with Crippen LogP contribution in [0.5, 0.6) is 0 Å². The molecule has 0 saturated carbocycles. The minimum Gasteiger partial charge on any atom is -0.343 e. The molecule has 3 heteroatoms. The van der Waals surface area contributed by atoms with Crippen molar-refractivity contribution in [1.29, 1.82) is 0 Å². The lowest BCUT2D eigenvalue weighted by Gasteiger charge is -2.23. The van der Waals surface area contributed by atoms with Crippen LogP contribution in [0.3, 0.4) is 0 Å². The van der Waals surface area contributed by atoms with E-state index >= 15 is 0 Å². The molecule has 0 aliphatic carbocycles. The molecule has 0 aromatic carbocycles. The highest BCUT2D eigenvalue weighted by molar-refractivity contribution is 5.78. The molecule has 1 unspecified atom stereocenters.